The minimum atomic E-state index is -0.313. The summed E-state index contributed by atoms with van der Waals surface area (Å²) in [6, 6.07) is 9.96. The van der Waals surface area contributed by atoms with Crippen LogP contribution in [0, 0.1) is 5.82 Å². The predicted octanol–water partition coefficient (Wildman–Crippen LogP) is 3.37. The Labute approximate surface area is 130 Å². The summed E-state index contributed by atoms with van der Waals surface area (Å²) in [7, 11) is 1.54. The number of benzene rings is 1. The monoisotopic (exact) mass is 316 g/mol. The molecule has 0 radical (unpaired) electrons. The van der Waals surface area contributed by atoms with Crippen molar-refractivity contribution in [3.05, 3.63) is 58.9 Å². The fourth-order valence-electron chi connectivity index (χ4n) is 2.08. The highest BCUT2D eigenvalue weighted by molar-refractivity contribution is 7.20. The number of nitrogens with one attached hydrogen (secondary N) is 1. The molecule has 22 heavy (non-hydrogen) atoms. The maximum absolute atomic E-state index is 13.7. The minimum absolute atomic E-state index is 0.226. The van der Waals surface area contributed by atoms with Crippen LogP contribution in [0.5, 0.6) is 5.88 Å². The normalized spacial score (nSPS) is 10.6. The predicted molar refractivity (Wildman–Crippen MR) is 83.7 cm³/mol. The Morgan fingerprint density at radius 1 is 1.36 bits per heavy atom. The Bertz CT molecular complexity index is 832. The SMILES string of the molecule is COc1cc(CNC(=O)c2cc3c(F)cccc3s2)ccn1. The van der Waals surface area contributed by atoms with E-state index in [1.54, 1.807) is 36.5 Å². The van der Waals surface area contributed by atoms with Crippen LogP contribution in [0.25, 0.3) is 10.1 Å². The fraction of sp³-hybridized carbons (Fsp3) is 0.125. The van der Waals surface area contributed by atoms with Gasteiger partial charge in [0, 0.05) is 28.9 Å². The van der Waals surface area contributed by atoms with Crippen LogP contribution in [0.3, 0.4) is 0 Å². The third-order valence-electron chi connectivity index (χ3n) is 3.19. The highest BCUT2D eigenvalue weighted by Gasteiger charge is 2.12. The maximum atomic E-state index is 13.7. The van der Waals surface area contributed by atoms with Crippen molar-refractivity contribution in [2.45, 2.75) is 6.54 Å². The first-order chi connectivity index (χ1) is 10.7. The highest BCUT2D eigenvalue weighted by Crippen LogP contribution is 2.27. The molecule has 0 saturated heterocycles. The molecule has 0 unspecified atom stereocenters. The Kier molecular flexibility index (Phi) is 4.02. The van der Waals surface area contributed by atoms with E-state index in [0.717, 1.165) is 10.3 Å². The van der Waals surface area contributed by atoms with Gasteiger partial charge in [-0.1, -0.05) is 6.07 Å². The molecule has 0 bridgehead atoms. The number of ether oxygens (including phenoxy) is 1. The summed E-state index contributed by atoms with van der Waals surface area (Å²) in [5.41, 5.74) is 0.882. The number of pyridine rings is 1. The molecule has 3 aromatic rings. The largest absolute Gasteiger partial charge is 0.481 e. The van der Waals surface area contributed by atoms with Gasteiger partial charge in [-0.05, 0) is 29.8 Å². The van der Waals surface area contributed by atoms with Crippen LogP contribution < -0.4 is 10.1 Å². The molecular weight excluding hydrogens is 303 g/mol. The van der Waals surface area contributed by atoms with E-state index in [2.05, 4.69) is 10.3 Å². The smallest absolute Gasteiger partial charge is 0.261 e. The Hall–Kier alpha value is -2.47. The van der Waals surface area contributed by atoms with Crippen molar-refractivity contribution in [1.29, 1.82) is 0 Å². The molecule has 0 spiro atoms. The van der Waals surface area contributed by atoms with E-state index in [0.29, 0.717) is 22.7 Å². The van der Waals surface area contributed by atoms with Gasteiger partial charge in [-0.3, -0.25) is 4.79 Å². The first-order valence-electron chi connectivity index (χ1n) is 6.62. The van der Waals surface area contributed by atoms with Crippen molar-refractivity contribution >= 4 is 27.3 Å². The summed E-state index contributed by atoms with van der Waals surface area (Å²) in [6.45, 7) is 0.356. The first-order valence-corrected chi connectivity index (χ1v) is 7.44. The van der Waals surface area contributed by atoms with E-state index in [1.807, 2.05) is 0 Å². The van der Waals surface area contributed by atoms with Crippen LogP contribution in [-0.4, -0.2) is 18.0 Å². The topological polar surface area (TPSA) is 51.2 Å². The summed E-state index contributed by atoms with van der Waals surface area (Å²) in [5, 5.41) is 3.29. The summed E-state index contributed by atoms with van der Waals surface area (Å²) in [6.07, 6.45) is 1.62. The number of methoxy groups -OCH3 is 1. The second-order valence-electron chi connectivity index (χ2n) is 4.65. The molecule has 0 aliphatic rings. The van der Waals surface area contributed by atoms with Gasteiger partial charge in [0.1, 0.15) is 5.82 Å². The lowest BCUT2D eigenvalue weighted by molar-refractivity contribution is 0.0955. The second-order valence-corrected chi connectivity index (χ2v) is 5.74. The molecule has 0 aliphatic heterocycles. The van der Waals surface area contributed by atoms with Crippen molar-refractivity contribution in [1.82, 2.24) is 10.3 Å². The molecule has 0 aliphatic carbocycles. The lowest BCUT2D eigenvalue weighted by Gasteiger charge is -2.05. The van der Waals surface area contributed by atoms with Crippen molar-refractivity contribution in [2.75, 3.05) is 7.11 Å². The lowest BCUT2D eigenvalue weighted by atomic mass is 10.2. The van der Waals surface area contributed by atoms with Crippen molar-refractivity contribution in [3.8, 4) is 5.88 Å². The number of amides is 1. The van der Waals surface area contributed by atoms with Gasteiger partial charge in [0.15, 0.2) is 0 Å². The number of halogens is 1. The number of carbonyl (C=O) groups excluding carboxylic acids is 1. The molecule has 3 rings (SSSR count). The van der Waals surface area contributed by atoms with E-state index in [9.17, 15) is 9.18 Å². The zero-order chi connectivity index (χ0) is 15.5. The molecule has 1 amide bonds. The van der Waals surface area contributed by atoms with Crippen LogP contribution in [0.15, 0.2) is 42.6 Å². The van der Waals surface area contributed by atoms with E-state index >= 15 is 0 Å². The number of hydrogen-bond acceptors (Lipinski definition) is 4. The number of carbonyl (C=O) groups is 1. The molecule has 0 atom stereocenters. The van der Waals surface area contributed by atoms with Gasteiger partial charge >= 0.3 is 0 Å². The molecule has 2 heterocycles. The lowest BCUT2D eigenvalue weighted by Crippen LogP contribution is -2.21. The average molecular weight is 316 g/mol. The number of hydrogen-bond donors (Lipinski definition) is 1. The van der Waals surface area contributed by atoms with Crippen molar-refractivity contribution in [2.24, 2.45) is 0 Å². The Morgan fingerprint density at radius 3 is 3.00 bits per heavy atom. The van der Waals surface area contributed by atoms with Gasteiger partial charge in [-0.25, -0.2) is 9.37 Å². The summed E-state index contributed by atoms with van der Waals surface area (Å²) >= 11 is 1.27. The summed E-state index contributed by atoms with van der Waals surface area (Å²) in [5.74, 6) is -0.0428. The van der Waals surface area contributed by atoms with Crippen LogP contribution in [0.2, 0.25) is 0 Å². The van der Waals surface area contributed by atoms with E-state index in [4.69, 9.17) is 4.74 Å². The molecule has 1 N–H and O–H groups in total. The standard InChI is InChI=1S/C16H13FN2O2S/c1-21-15-7-10(5-6-18-15)9-19-16(20)14-8-11-12(17)3-2-4-13(11)22-14/h2-8H,9H2,1H3,(H,19,20). The molecular formula is C16H13FN2O2S. The van der Waals surface area contributed by atoms with Gasteiger partial charge in [-0.2, -0.15) is 0 Å². The number of fused-ring (bicyclic) bond motifs is 1. The van der Waals surface area contributed by atoms with Crippen LogP contribution >= 0.6 is 11.3 Å². The van der Waals surface area contributed by atoms with Crippen LogP contribution in [-0.2, 0) is 6.54 Å². The summed E-state index contributed by atoms with van der Waals surface area (Å²) < 4.78 is 19.4. The molecule has 0 saturated carbocycles. The van der Waals surface area contributed by atoms with Crippen LogP contribution in [0.4, 0.5) is 4.39 Å². The Balaban J connectivity index is 1.74. The average Bonchev–Trinajstić information content (AvgIpc) is 2.98. The van der Waals surface area contributed by atoms with Gasteiger partial charge in [0.2, 0.25) is 5.88 Å². The van der Waals surface area contributed by atoms with Gasteiger partial charge < -0.3 is 10.1 Å². The maximum Gasteiger partial charge on any atom is 0.261 e. The minimum Gasteiger partial charge on any atom is -0.481 e. The van der Waals surface area contributed by atoms with E-state index in [-0.39, 0.29) is 11.7 Å². The molecule has 112 valence electrons. The number of thiophene rings is 1. The number of aromatic nitrogens is 1. The number of nitrogens with zero attached hydrogens (tertiary/aromatic N) is 1. The fourth-order valence-corrected chi connectivity index (χ4v) is 3.07. The highest BCUT2D eigenvalue weighted by atomic mass is 32.1. The van der Waals surface area contributed by atoms with Gasteiger partial charge in [0.05, 0.1) is 12.0 Å². The molecule has 6 heteroatoms. The Morgan fingerprint density at radius 2 is 2.23 bits per heavy atom. The molecule has 2 aromatic heterocycles. The van der Waals surface area contributed by atoms with Gasteiger partial charge in [0.25, 0.3) is 5.91 Å². The van der Waals surface area contributed by atoms with Crippen LogP contribution in [0.1, 0.15) is 15.2 Å². The third-order valence-corrected chi connectivity index (χ3v) is 4.29. The van der Waals surface area contributed by atoms with E-state index < -0.39 is 0 Å². The zero-order valence-corrected chi connectivity index (χ0v) is 12.6. The van der Waals surface area contributed by atoms with Gasteiger partial charge in [-0.15, -0.1) is 11.3 Å². The molecule has 0 fully saturated rings. The first kappa shape index (κ1) is 14.5. The van der Waals surface area contributed by atoms with E-state index in [1.165, 1.54) is 24.5 Å². The number of rotatable bonds is 4. The van der Waals surface area contributed by atoms with Crippen molar-refractivity contribution in [3.63, 3.8) is 0 Å². The van der Waals surface area contributed by atoms with Crippen molar-refractivity contribution < 1.29 is 13.9 Å². The molecule has 1 aromatic carbocycles. The zero-order valence-electron chi connectivity index (χ0n) is 11.8. The summed E-state index contributed by atoms with van der Waals surface area (Å²) in [4.78, 5) is 16.7. The quantitative estimate of drug-likeness (QED) is 0.803. The third kappa shape index (κ3) is 2.92. The molecule has 4 nitrogen and oxygen atoms in total. The second kappa shape index (κ2) is 6.11.